The minimum Gasteiger partial charge on any atom is -0.423 e. The Morgan fingerprint density at radius 3 is 2.69 bits per heavy atom. The van der Waals surface area contributed by atoms with E-state index in [-0.39, 0.29) is 0 Å². The van der Waals surface area contributed by atoms with Gasteiger partial charge < -0.3 is 10.0 Å². The van der Waals surface area contributed by atoms with E-state index >= 15 is 0 Å². The Kier molecular flexibility index (Phi) is 2.46. The third-order valence-corrected chi connectivity index (χ3v) is 3.35. The summed E-state index contributed by atoms with van der Waals surface area (Å²) in [5, 5.41) is 22.4. The molecular formula is C7H6BNO2S2. The van der Waals surface area contributed by atoms with E-state index in [2.05, 4.69) is 4.98 Å². The van der Waals surface area contributed by atoms with Crippen molar-refractivity contribution in [2.45, 2.75) is 0 Å². The van der Waals surface area contributed by atoms with Crippen molar-refractivity contribution in [3.63, 3.8) is 0 Å². The molecule has 0 aliphatic heterocycles. The molecule has 2 aromatic heterocycles. The first-order chi connectivity index (χ1) is 6.27. The van der Waals surface area contributed by atoms with Crippen LogP contribution < -0.4 is 4.78 Å². The van der Waals surface area contributed by atoms with Crippen molar-refractivity contribution in [3.8, 4) is 10.6 Å². The third-order valence-electron chi connectivity index (χ3n) is 1.55. The SMILES string of the molecule is OB(O)c1cc(-c2nccs2)cs1. The summed E-state index contributed by atoms with van der Waals surface area (Å²) in [6, 6.07) is 1.74. The number of aromatic nitrogens is 1. The van der Waals surface area contributed by atoms with Crippen LogP contribution in [0.1, 0.15) is 0 Å². The largest absolute Gasteiger partial charge is 0.499 e. The highest BCUT2D eigenvalue weighted by Gasteiger charge is 2.14. The number of thiophene rings is 1. The van der Waals surface area contributed by atoms with Gasteiger partial charge in [0.15, 0.2) is 0 Å². The molecule has 0 saturated carbocycles. The van der Waals surface area contributed by atoms with Gasteiger partial charge in [-0.05, 0) is 6.07 Å². The van der Waals surface area contributed by atoms with Gasteiger partial charge in [0.2, 0.25) is 0 Å². The zero-order valence-electron chi connectivity index (χ0n) is 6.54. The summed E-state index contributed by atoms with van der Waals surface area (Å²) in [6.07, 6.45) is 1.73. The van der Waals surface area contributed by atoms with Crippen LogP contribution >= 0.6 is 22.7 Å². The van der Waals surface area contributed by atoms with E-state index in [9.17, 15) is 0 Å². The van der Waals surface area contributed by atoms with Gasteiger partial charge in [0, 0.05) is 27.3 Å². The molecule has 6 heteroatoms. The van der Waals surface area contributed by atoms with Crippen molar-refractivity contribution in [2.24, 2.45) is 0 Å². The summed E-state index contributed by atoms with van der Waals surface area (Å²) in [4.78, 5) is 4.12. The standard InChI is InChI=1S/C7H6BNO2S2/c10-8(11)6-3-5(4-13-6)7-9-1-2-12-7/h1-4,10-11H. The highest BCUT2D eigenvalue weighted by molar-refractivity contribution is 7.21. The van der Waals surface area contributed by atoms with Crippen LogP contribution in [0.4, 0.5) is 0 Å². The molecule has 13 heavy (non-hydrogen) atoms. The number of rotatable bonds is 2. The fourth-order valence-electron chi connectivity index (χ4n) is 0.966. The lowest BCUT2D eigenvalue weighted by Crippen LogP contribution is -2.26. The molecule has 0 aliphatic carbocycles. The van der Waals surface area contributed by atoms with E-state index in [1.807, 2.05) is 10.8 Å². The highest BCUT2D eigenvalue weighted by Crippen LogP contribution is 2.22. The fourth-order valence-corrected chi connectivity index (χ4v) is 2.43. The zero-order chi connectivity index (χ0) is 9.26. The second-order valence-corrected chi connectivity index (χ2v) is 4.29. The van der Waals surface area contributed by atoms with Crippen LogP contribution in [0.2, 0.25) is 0 Å². The Morgan fingerprint density at radius 2 is 2.15 bits per heavy atom. The van der Waals surface area contributed by atoms with Crippen LogP contribution in [0.5, 0.6) is 0 Å². The van der Waals surface area contributed by atoms with Gasteiger partial charge in [0.1, 0.15) is 5.01 Å². The Balaban J connectivity index is 2.33. The average Bonchev–Trinajstić information content (AvgIpc) is 2.75. The van der Waals surface area contributed by atoms with Crippen LogP contribution in [0, 0.1) is 0 Å². The van der Waals surface area contributed by atoms with Crippen molar-refractivity contribution < 1.29 is 10.0 Å². The van der Waals surface area contributed by atoms with E-state index in [1.165, 1.54) is 22.7 Å². The lowest BCUT2D eigenvalue weighted by atomic mass is 9.89. The highest BCUT2D eigenvalue weighted by atomic mass is 32.1. The second-order valence-electron chi connectivity index (χ2n) is 2.45. The summed E-state index contributed by atoms with van der Waals surface area (Å²) < 4.78 is 0.546. The number of hydrogen-bond donors (Lipinski definition) is 2. The van der Waals surface area contributed by atoms with Crippen molar-refractivity contribution in [3.05, 3.63) is 23.0 Å². The number of thiazole rings is 1. The molecule has 2 rings (SSSR count). The van der Waals surface area contributed by atoms with Crippen LogP contribution in [0.15, 0.2) is 23.0 Å². The molecule has 0 radical (unpaired) electrons. The fraction of sp³-hybridized carbons (Fsp3) is 0. The van der Waals surface area contributed by atoms with Gasteiger partial charge >= 0.3 is 7.12 Å². The van der Waals surface area contributed by atoms with Crippen molar-refractivity contribution in [2.75, 3.05) is 0 Å². The second kappa shape index (κ2) is 3.59. The van der Waals surface area contributed by atoms with Crippen molar-refractivity contribution >= 4 is 34.6 Å². The normalized spacial score (nSPS) is 10.3. The predicted molar refractivity (Wildman–Crippen MR) is 55.3 cm³/mol. The van der Waals surface area contributed by atoms with Crippen molar-refractivity contribution in [1.29, 1.82) is 0 Å². The molecule has 0 spiro atoms. The molecule has 0 fully saturated rings. The number of nitrogens with zero attached hydrogens (tertiary/aromatic N) is 1. The molecule has 0 amide bonds. The molecule has 0 unspecified atom stereocenters. The summed E-state index contributed by atoms with van der Waals surface area (Å²) >= 11 is 2.86. The minimum atomic E-state index is -1.38. The van der Waals surface area contributed by atoms with Crippen LogP contribution in [0.25, 0.3) is 10.6 Å². The molecule has 2 heterocycles. The van der Waals surface area contributed by atoms with Crippen molar-refractivity contribution in [1.82, 2.24) is 4.98 Å². The summed E-state index contributed by atoms with van der Waals surface area (Å²) in [5.41, 5.74) is 0.947. The maximum Gasteiger partial charge on any atom is 0.499 e. The molecule has 0 aliphatic rings. The average molecular weight is 211 g/mol. The predicted octanol–water partition coefficient (Wildman–Crippen LogP) is 0.551. The monoisotopic (exact) mass is 211 g/mol. The van der Waals surface area contributed by atoms with Gasteiger partial charge in [-0.1, -0.05) is 0 Å². The lowest BCUT2D eigenvalue weighted by molar-refractivity contribution is 0.427. The summed E-state index contributed by atoms with van der Waals surface area (Å²) in [7, 11) is -1.38. The molecule has 0 aromatic carbocycles. The van der Waals surface area contributed by atoms with Crippen LogP contribution in [-0.4, -0.2) is 22.2 Å². The molecular weight excluding hydrogens is 205 g/mol. The smallest absolute Gasteiger partial charge is 0.423 e. The molecule has 2 aromatic rings. The van der Waals surface area contributed by atoms with Gasteiger partial charge in [0.05, 0.1) is 0 Å². The van der Waals surface area contributed by atoms with E-state index in [1.54, 1.807) is 12.3 Å². The van der Waals surface area contributed by atoms with Gasteiger partial charge in [-0.15, -0.1) is 11.3 Å². The number of hydrogen-bond acceptors (Lipinski definition) is 5. The molecule has 0 bridgehead atoms. The Morgan fingerprint density at radius 1 is 1.31 bits per heavy atom. The lowest BCUT2D eigenvalue weighted by Gasteiger charge is -1.89. The molecule has 2 N–H and O–H groups in total. The van der Waals surface area contributed by atoms with E-state index in [0.717, 1.165) is 10.6 Å². The quantitative estimate of drug-likeness (QED) is 0.713. The topological polar surface area (TPSA) is 53.4 Å². The van der Waals surface area contributed by atoms with E-state index in [4.69, 9.17) is 10.0 Å². The third kappa shape index (κ3) is 1.81. The Labute approximate surface area is 83.5 Å². The summed E-state index contributed by atoms with van der Waals surface area (Å²) in [5.74, 6) is 0. The summed E-state index contributed by atoms with van der Waals surface area (Å²) in [6.45, 7) is 0. The molecule has 0 atom stereocenters. The first kappa shape index (κ1) is 8.89. The Hall–Kier alpha value is -0.685. The van der Waals surface area contributed by atoms with Crippen LogP contribution in [0.3, 0.4) is 0 Å². The molecule has 66 valence electrons. The maximum absolute atomic E-state index is 8.88. The first-order valence-corrected chi connectivity index (χ1v) is 5.38. The zero-order valence-corrected chi connectivity index (χ0v) is 8.18. The molecule has 3 nitrogen and oxygen atoms in total. The Bertz CT molecular complexity index is 385. The van der Waals surface area contributed by atoms with Gasteiger partial charge in [-0.3, -0.25) is 0 Å². The van der Waals surface area contributed by atoms with Gasteiger partial charge in [0.25, 0.3) is 0 Å². The molecule has 0 saturated heterocycles. The van der Waals surface area contributed by atoms with Gasteiger partial charge in [-0.2, -0.15) is 11.3 Å². The first-order valence-electron chi connectivity index (χ1n) is 3.62. The van der Waals surface area contributed by atoms with Crippen LogP contribution in [-0.2, 0) is 0 Å². The van der Waals surface area contributed by atoms with E-state index < -0.39 is 7.12 Å². The minimum absolute atomic E-state index is 0.546. The maximum atomic E-state index is 8.88. The van der Waals surface area contributed by atoms with Gasteiger partial charge in [-0.25, -0.2) is 4.98 Å². The van der Waals surface area contributed by atoms with E-state index in [0.29, 0.717) is 4.78 Å².